The van der Waals surface area contributed by atoms with Gasteiger partial charge in [-0.1, -0.05) is 69.4 Å². The second-order valence-electron chi connectivity index (χ2n) is 10.9. The highest BCUT2D eigenvalue weighted by Gasteiger charge is 2.33. The van der Waals surface area contributed by atoms with Gasteiger partial charge in [-0.3, -0.25) is 23.9 Å². The van der Waals surface area contributed by atoms with Crippen molar-refractivity contribution in [3.05, 3.63) is 31.9 Å². The van der Waals surface area contributed by atoms with E-state index in [4.69, 9.17) is 17.3 Å². The van der Waals surface area contributed by atoms with E-state index < -0.39 is 5.97 Å². The fraction of sp³-hybridized carbons (Fsp3) is 0.633. The Bertz CT molecular complexity index is 1230. The Kier molecular flexibility index (Phi) is 12.3. The molecule has 2 aliphatic rings. The third-order valence-corrected chi connectivity index (χ3v) is 9.17. The first-order chi connectivity index (χ1) is 19.2. The minimum absolute atomic E-state index is 0.112. The van der Waals surface area contributed by atoms with Gasteiger partial charge >= 0.3 is 5.97 Å². The number of nitrogens with zero attached hydrogens (tertiary/aromatic N) is 4. The number of carbonyl (C=O) groups is 2. The van der Waals surface area contributed by atoms with Crippen LogP contribution in [0.1, 0.15) is 101 Å². The molecule has 2 saturated heterocycles. The number of carboxylic acid groups (broad SMARTS) is 1. The topological polar surface area (TPSA) is 107 Å². The summed E-state index contributed by atoms with van der Waals surface area (Å²) >= 11 is 6.87. The zero-order valence-corrected chi connectivity index (χ0v) is 25.7. The van der Waals surface area contributed by atoms with Crippen LogP contribution in [0.5, 0.6) is 0 Å². The lowest BCUT2D eigenvalue weighted by Crippen LogP contribution is -2.40. The molecule has 0 bridgehead atoms. The highest BCUT2D eigenvalue weighted by Crippen LogP contribution is 2.37. The van der Waals surface area contributed by atoms with Crippen LogP contribution in [0.4, 0.5) is 5.82 Å². The molecule has 8 nitrogen and oxygen atoms in total. The van der Waals surface area contributed by atoms with Gasteiger partial charge in [0.05, 0.1) is 4.91 Å². The van der Waals surface area contributed by atoms with Gasteiger partial charge in [0.15, 0.2) is 0 Å². The first-order valence-electron chi connectivity index (χ1n) is 14.6. The third kappa shape index (κ3) is 7.97. The number of hydrogen-bond acceptors (Lipinski definition) is 7. The number of carbonyl (C=O) groups excluding carboxylic acids is 1. The maximum Gasteiger partial charge on any atom is 0.303 e. The van der Waals surface area contributed by atoms with Gasteiger partial charge in [-0.05, 0) is 57.1 Å². The molecule has 1 amide bonds. The van der Waals surface area contributed by atoms with Crippen LogP contribution < -0.4 is 10.5 Å². The maximum atomic E-state index is 13.4. The number of piperidine rings is 1. The van der Waals surface area contributed by atoms with Gasteiger partial charge in [0.25, 0.3) is 11.5 Å². The normalized spacial score (nSPS) is 18.6. The van der Waals surface area contributed by atoms with Gasteiger partial charge in [-0.15, -0.1) is 0 Å². The predicted octanol–water partition coefficient (Wildman–Crippen LogP) is 6.08. The molecular formula is C30H42N4O4S2. The highest BCUT2D eigenvalue weighted by molar-refractivity contribution is 8.26. The van der Waals surface area contributed by atoms with Crippen molar-refractivity contribution in [1.82, 2.24) is 9.47 Å². The van der Waals surface area contributed by atoms with Crippen LogP contribution in [0.15, 0.2) is 9.70 Å². The number of hydrogen-bond donors (Lipinski definition) is 1. The Balaban J connectivity index is 1.70. The third-order valence-electron chi connectivity index (χ3n) is 7.79. The molecule has 0 aromatic carbocycles. The van der Waals surface area contributed by atoms with Crippen molar-refractivity contribution in [3.8, 4) is 6.07 Å². The summed E-state index contributed by atoms with van der Waals surface area (Å²) in [4.78, 5) is 41.7. The summed E-state index contributed by atoms with van der Waals surface area (Å²) < 4.78 is 2.23. The molecule has 3 rings (SSSR count). The fourth-order valence-electron chi connectivity index (χ4n) is 5.59. The van der Waals surface area contributed by atoms with Crippen LogP contribution in [-0.2, 0) is 16.1 Å². The standard InChI is InChI=1S/C30H42N4O4S2/c1-4-33-27(32-16-13-14-21(2)20-32)23(22(3)24(19-31)28(33)37)18-25-29(38)34(30(39)40-25)17-12-10-8-6-5-7-9-11-15-26(35)36/h18,21H,4-17,20H2,1-3H3,(H,35,36). The average Bonchev–Trinajstić information content (AvgIpc) is 3.18. The van der Waals surface area contributed by atoms with Crippen molar-refractivity contribution in [3.63, 3.8) is 0 Å². The minimum Gasteiger partial charge on any atom is -0.481 e. The molecule has 10 heteroatoms. The van der Waals surface area contributed by atoms with Crippen molar-refractivity contribution in [2.45, 2.75) is 97.9 Å². The van der Waals surface area contributed by atoms with Crippen LogP contribution in [0.25, 0.3) is 6.08 Å². The molecule has 1 aromatic heterocycles. The van der Waals surface area contributed by atoms with E-state index in [-0.39, 0.29) is 23.5 Å². The maximum absolute atomic E-state index is 13.4. The first kappa shape index (κ1) is 31.9. The molecule has 1 N–H and O–H groups in total. The molecule has 0 spiro atoms. The lowest BCUT2D eigenvalue weighted by Gasteiger charge is -2.35. The molecule has 0 radical (unpaired) electrons. The van der Waals surface area contributed by atoms with Crippen LogP contribution in [-0.4, -0.2) is 50.4 Å². The lowest BCUT2D eigenvalue weighted by atomic mass is 9.98. The largest absolute Gasteiger partial charge is 0.481 e. The Morgan fingerprint density at radius 2 is 1.80 bits per heavy atom. The van der Waals surface area contributed by atoms with Gasteiger partial charge < -0.3 is 10.0 Å². The number of nitriles is 1. The molecule has 2 aliphatic heterocycles. The number of thiocarbonyl (C=S) groups is 1. The van der Waals surface area contributed by atoms with Gasteiger partial charge in [0.2, 0.25) is 0 Å². The SMILES string of the molecule is CCn1c(N2CCCC(C)C2)c(C=C2SC(=S)N(CCCCCCCCCCC(=O)O)C2=O)c(C)c(C#N)c1=O. The fourth-order valence-corrected chi connectivity index (χ4v) is 6.88. The summed E-state index contributed by atoms with van der Waals surface area (Å²) in [6.45, 7) is 8.61. The van der Waals surface area contributed by atoms with Crippen molar-refractivity contribution in [2.24, 2.45) is 5.92 Å². The summed E-state index contributed by atoms with van der Waals surface area (Å²) in [6.07, 6.45) is 12.2. The Morgan fingerprint density at radius 3 is 2.40 bits per heavy atom. The van der Waals surface area contributed by atoms with Gasteiger partial charge in [-0.2, -0.15) is 5.26 Å². The average molecular weight is 587 g/mol. The zero-order valence-electron chi connectivity index (χ0n) is 24.0. The minimum atomic E-state index is -0.727. The number of thioether (sulfide) groups is 1. The number of amides is 1. The zero-order chi connectivity index (χ0) is 29.2. The Labute approximate surface area is 247 Å². The number of rotatable bonds is 14. The van der Waals surface area contributed by atoms with E-state index >= 15 is 0 Å². The van der Waals surface area contributed by atoms with Crippen molar-refractivity contribution < 1.29 is 14.7 Å². The van der Waals surface area contributed by atoms with E-state index in [0.29, 0.717) is 33.8 Å². The van der Waals surface area contributed by atoms with Crippen LogP contribution in [0.2, 0.25) is 0 Å². The quantitative estimate of drug-likeness (QED) is 0.159. The van der Waals surface area contributed by atoms with Crippen molar-refractivity contribution in [1.29, 1.82) is 5.26 Å². The summed E-state index contributed by atoms with van der Waals surface area (Å²) in [5, 5.41) is 18.5. The molecule has 0 aliphatic carbocycles. The van der Waals surface area contributed by atoms with Gasteiger partial charge in [0.1, 0.15) is 21.8 Å². The molecule has 40 heavy (non-hydrogen) atoms. The molecule has 1 atom stereocenters. The van der Waals surface area contributed by atoms with Crippen LogP contribution in [0.3, 0.4) is 0 Å². The first-order valence-corrected chi connectivity index (χ1v) is 15.8. The van der Waals surface area contributed by atoms with Crippen molar-refractivity contribution in [2.75, 3.05) is 24.5 Å². The number of unbranched alkanes of at least 4 members (excludes halogenated alkanes) is 7. The van der Waals surface area contributed by atoms with Gasteiger partial charge in [0, 0.05) is 38.2 Å². The van der Waals surface area contributed by atoms with Crippen LogP contribution in [0, 0.1) is 24.2 Å². The number of carboxylic acids is 1. The smallest absolute Gasteiger partial charge is 0.303 e. The molecule has 3 heterocycles. The Hall–Kier alpha value is -2.64. The highest BCUT2D eigenvalue weighted by atomic mass is 32.2. The molecule has 2 fully saturated rings. The number of aliphatic carboxylic acids is 1. The van der Waals surface area contributed by atoms with Crippen molar-refractivity contribution >= 4 is 52.1 Å². The Morgan fingerprint density at radius 1 is 1.15 bits per heavy atom. The predicted molar refractivity (Wildman–Crippen MR) is 166 cm³/mol. The van der Waals surface area contributed by atoms with E-state index in [1.165, 1.54) is 11.8 Å². The van der Waals surface area contributed by atoms with Crippen LogP contribution >= 0.6 is 24.0 Å². The van der Waals surface area contributed by atoms with E-state index in [0.717, 1.165) is 88.7 Å². The lowest BCUT2D eigenvalue weighted by molar-refractivity contribution is -0.137. The molecular weight excluding hydrogens is 544 g/mol. The van der Waals surface area contributed by atoms with E-state index in [9.17, 15) is 19.6 Å². The number of aromatic nitrogens is 1. The van der Waals surface area contributed by atoms with E-state index in [1.807, 2.05) is 13.0 Å². The van der Waals surface area contributed by atoms with E-state index in [1.54, 1.807) is 16.4 Å². The second-order valence-corrected chi connectivity index (χ2v) is 12.6. The number of pyridine rings is 1. The number of anilines is 1. The second kappa shape index (κ2) is 15.4. The summed E-state index contributed by atoms with van der Waals surface area (Å²) in [6, 6.07) is 2.10. The summed E-state index contributed by atoms with van der Waals surface area (Å²) in [7, 11) is 0. The summed E-state index contributed by atoms with van der Waals surface area (Å²) in [5.41, 5.74) is 1.22. The monoisotopic (exact) mass is 586 g/mol. The van der Waals surface area contributed by atoms with Gasteiger partial charge in [-0.25, -0.2) is 0 Å². The van der Waals surface area contributed by atoms with E-state index in [2.05, 4.69) is 17.9 Å². The molecule has 0 saturated carbocycles. The summed E-state index contributed by atoms with van der Waals surface area (Å²) in [5.74, 6) is 0.449. The molecule has 1 unspecified atom stereocenters. The molecule has 1 aromatic rings. The molecule has 218 valence electrons.